The van der Waals surface area contributed by atoms with E-state index in [1.807, 2.05) is 19.9 Å². The van der Waals surface area contributed by atoms with Gasteiger partial charge in [-0.3, -0.25) is 0 Å². The van der Waals surface area contributed by atoms with Crippen LogP contribution in [0.4, 0.5) is 0 Å². The number of aromatic carboxylic acids is 1. The summed E-state index contributed by atoms with van der Waals surface area (Å²) in [5.41, 5.74) is 2.19. The molecule has 0 fully saturated rings. The maximum atomic E-state index is 10.8. The number of carbonyl (C=O) groups is 1. The summed E-state index contributed by atoms with van der Waals surface area (Å²) in [5.74, 6) is -0.384. The number of rotatable bonds is 3. The lowest BCUT2D eigenvalue weighted by Crippen LogP contribution is -1.95. The molecule has 0 radical (unpaired) electrons. The van der Waals surface area contributed by atoms with Gasteiger partial charge in [0.2, 0.25) is 0 Å². The van der Waals surface area contributed by atoms with E-state index in [0.29, 0.717) is 22.1 Å². The number of carboxylic acid groups (broad SMARTS) is 1. The molecule has 0 aliphatic carbocycles. The molecule has 1 aromatic carbocycles. The van der Waals surface area contributed by atoms with Gasteiger partial charge >= 0.3 is 5.97 Å². The van der Waals surface area contributed by atoms with Gasteiger partial charge in [0.25, 0.3) is 0 Å². The third kappa shape index (κ3) is 2.29. The molecule has 100 valence electrons. The Morgan fingerprint density at radius 2 is 2.05 bits per heavy atom. The molecule has 2 aromatic rings. The predicted octanol–water partition coefficient (Wildman–Crippen LogP) is 3.32. The van der Waals surface area contributed by atoms with E-state index in [2.05, 4.69) is 5.16 Å². The second-order valence-corrected chi connectivity index (χ2v) is 4.49. The fourth-order valence-electron chi connectivity index (χ4n) is 1.92. The van der Waals surface area contributed by atoms with Gasteiger partial charge in [-0.05, 0) is 25.0 Å². The van der Waals surface area contributed by atoms with Crippen LogP contribution in [-0.2, 0) is 0 Å². The van der Waals surface area contributed by atoms with E-state index < -0.39 is 5.97 Å². The van der Waals surface area contributed by atoms with Gasteiger partial charge in [-0.1, -0.05) is 22.8 Å². The molecule has 0 bridgehead atoms. The maximum absolute atomic E-state index is 10.8. The van der Waals surface area contributed by atoms with E-state index in [-0.39, 0.29) is 5.69 Å². The Morgan fingerprint density at radius 3 is 2.58 bits per heavy atom. The number of methoxy groups -OCH3 is 1. The second kappa shape index (κ2) is 4.93. The molecule has 0 atom stereocenters. The predicted molar refractivity (Wildman–Crippen MR) is 69.9 cm³/mol. The lowest BCUT2D eigenvalue weighted by Gasteiger charge is -2.13. The monoisotopic (exact) mass is 281 g/mol. The normalized spacial score (nSPS) is 10.5. The zero-order valence-electron chi connectivity index (χ0n) is 10.7. The molecule has 0 saturated carbocycles. The molecule has 0 unspecified atom stereocenters. The van der Waals surface area contributed by atoms with E-state index in [1.165, 1.54) is 13.2 Å². The number of aromatic nitrogens is 1. The molecule has 0 aliphatic rings. The molecule has 1 heterocycles. The van der Waals surface area contributed by atoms with Crippen molar-refractivity contribution in [1.29, 1.82) is 0 Å². The number of nitrogens with zero attached hydrogens (tertiary/aromatic N) is 1. The molecule has 0 saturated heterocycles. The smallest absolute Gasteiger partial charge is 0.358 e. The molecule has 0 amide bonds. The SMILES string of the molecule is COc1c(Cl)c(C)cc(C)c1-c1cc(C(=O)O)no1. The lowest BCUT2D eigenvalue weighted by atomic mass is 10.0. The molecule has 5 nitrogen and oxygen atoms in total. The molecule has 2 rings (SSSR count). The average molecular weight is 282 g/mol. The van der Waals surface area contributed by atoms with Crippen LogP contribution < -0.4 is 4.74 Å². The molecule has 1 N–H and O–H groups in total. The van der Waals surface area contributed by atoms with Crippen LogP contribution in [0.3, 0.4) is 0 Å². The largest absolute Gasteiger partial charge is 0.494 e. The van der Waals surface area contributed by atoms with E-state index in [1.54, 1.807) is 0 Å². The highest BCUT2D eigenvalue weighted by Crippen LogP contribution is 2.40. The minimum atomic E-state index is -1.15. The quantitative estimate of drug-likeness (QED) is 0.934. The first kappa shape index (κ1) is 13.4. The van der Waals surface area contributed by atoms with Crippen LogP contribution in [0.2, 0.25) is 5.02 Å². The van der Waals surface area contributed by atoms with Crippen LogP contribution >= 0.6 is 11.6 Å². The van der Waals surface area contributed by atoms with Gasteiger partial charge in [-0.2, -0.15) is 0 Å². The Bertz CT molecular complexity index is 648. The summed E-state index contributed by atoms with van der Waals surface area (Å²) < 4.78 is 10.4. The Morgan fingerprint density at radius 1 is 1.37 bits per heavy atom. The van der Waals surface area contributed by atoms with Crippen molar-refractivity contribution in [2.45, 2.75) is 13.8 Å². The third-order valence-electron chi connectivity index (χ3n) is 2.78. The molecule has 19 heavy (non-hydrogen) atoms. The van der Waals surface area contributed by atoms with Crippen molar-refractivity contribution in [1.82, 2.24) is 5.16 Å². The fraction of sp³-hybridized carbons (Fsp3) is 0.231. The molecular weight excluding hydrogens is 270 g/mol. The van der Waals surface area contributed by atoms with Crippen molar-refractivity contribution >= 4 is 17.6 Å². The summed E-state index contributed by atoms with van der Waals surface area (Å²) in [6.07, 6.45) is 0. The van der Waals surface area contributed by atoms with E-state index >= 15 is 0 Å². The summed E-state index contributed by atoms with van der Waals surface area (Å²) in [5, 5.41) is 12.8. The van der Waals surface area contributed by atoms with Crippen LogP contribution in [-0.4, -0.2) is 23.3 Å². The molecule has 6 heteroatoms. The van der Waals surface area contributed by atoms with Crippen LogP contribution in [0.1, 0.15) is 21.6 Å². The lowest BCUT2D eigenvalue weighted by molar-refractivity contribution is 0.0686. The van der Waals surface area contributed by atoms with Crippen LogP contribution in [0.5, 0.6) is 5.75 Å². The molecule has 1 aromatic heterocycles. The summed E-state index contributed by atoms with van der Waals surface area (Å²) in [6, 6.07) is 3.22. The first-order valence-corrected chi connectivity index (χ1v) is 5.87. The summed E-state index contributed by atoms with van der Waals surface area (Å²) >= 11 is 6.19. The van der Waals surface area contributed by atoms with Gasteiger partial charge in [0, 0.05) is 6.07 Å². The van der Waals surface area contributed by atoms with Crippen molar-refractivity contribution in [3.05, 3.63) is 34.0 Å². The van der Waals surface area contributed by atoms with E-state index in [4.69, 9.17) is 26.0 Å². The van der Waals surface area contributed by atoms with Gasteiger partial charge in [0.05, 0.1) is 17.7 Å². The topological polar surface area (TPSA) is 72.6 Å². The summed E-state index contributed by atoms with van der Waals surface area (Å²) in [4.78, 5) is 10.8. The Balaban J connectivity index is 2.66. The van der Waals surface area contributed by atoms with Crippen molar-refractivity contribution < 1.29 is 19.2 Å². The molecule has 0 aliphatic heterocycles. The number of ether oxygens (including phenoxy) is 1. The van der Waals surface area contributed by atoms with Gasteiger partial charge in [-0.15, -0.1) is 0 Å². The van der Waals surface area contributed by atoms with Crippen molar-refractivity contribution in [2.24, 2.45) is 0 Å². The average Bonchev–Trinajstić information content (AvgIpc) is 2.82. The molecule has 0 spiro atoms. The van der Waals surface area contributed by atoms with Crippen LogP contribution in [0.15, 0.2) is 16.7 Å². The van der Waals surface area contributed by atoms with E-state index in [0.717, 1.165) is 11.1 Å². The summed E-state index contributed by atoms with van der Waals surface area (Å²) in [6.45, 7) is 3.73. The number of halogens is 1. The minimum absolute atomic E-state index is 0.159. The highest BCUT2D eigenvalue weighted by molar-refractivity contribution is 6.33. The number of aryl methyl sites for hydroxylation is 2. The fourth-order valence-corrected chi connectivity index (χ4v) is 2.15. The van der Waals surface area contributed by atoms with E-state index in [9.17, 15) is 4.79 Å². The van der Waals surface area contributed by atoms with Crippen molar-refractivity contribution in [2.75, 3.05) is 7.11 Å². The van der Waals surface area contributed by atoms with Crippen LogP contribution in [0, 0.1) is 13.8 Å². The zero-order chi connectivity index (χ0) is 14.2. The number of benzene rings is 1. The Labute approximate surface area is 114 Å². The van der Waals surface area contributed by atoms with Crippen molar-refractivity contribution in [3.63, 3.8) is 0 Å². The Hall–Kier alpha value is -2.01. The van der Waals surface area contributed by atoms with Crippen molar-refractivity contribution in [3.8, 4) is 17.1 Å². The van der Waals surface area contributed by atoms with Gasteiger partial charge in [0.1, 0.15) is 5.75 Å². The molecular formula is C13H12ClNO4. The van der Waals surface area contributed by atoms with Gasteiger partial charge < -0.3 is 14.4 Å². The maximum Gasteiger partial charge on any atom is 0.358 e. The second-order valence-electron chi connectivity index (χ2n) is 4.11. The highest BCUT2D eigenvalue weighted by atomic mass is 35.5. The summed E-state index contributed by atoms with van der Waals surface area (Å²) in [7, 11) is 1.50. The number of hydrogen-bond donors (Lipinski definition) is 1. The van der Waals surface area contributed by atoms with Gasteiger partial charge in [0.15, 0.2) is 11.5 Å². The van der Waals surface area contributed by atoms with Gasteiger partial charge in [-0.25, -0.2) is 4.79 Å². The minimum Gasteiger partial charge on any atom is -0.494 e. The number of hydrogen-bond acceptors (Lipinski definition) is 4. The van der Waals surface area contributed by atoms with Crippen LogP contribution in [0.25, 0.3) is 11.3 Å². The number of carboxylic acids is 1. The third-order valence-corrected chi connectivity index (χ3v) is 3.25. The highest BCUT2D eigenvalue weighted by Gasteiger charge is 2.20. The first-order chi connectivity index (χ1) is 8.95. The first-order valence-electron chi connectivity index (χ1n) is 5.49. The Kier molecular flexibility index (Phi) is 3.48. The zero-order valence-corrected chi connectivity index (χ0v) is 11.4. The standard InChI is InChI=1S/C13H12ClNO4/c1-6-4-7(2)11(14)12(18-3)10(6)9-5-8(13(16)17)15-19-9/h4-5H,1-3H3,(H,16,17).